The van der Waals surface area contributed by atoms with Gasteiger partial charge in [0.2, 0.25) is 11.8 Å². The normalized spacial score (nSPS) is 18.3. The molecular formula is C45H49ClFN7O5. The molecule has 5 heterocycles. The fourth-order valence-electron chi connectivity index (χ4n) is 9.18. The number of likely N-dealkylation sites (tertiary alicyclic amines) is 1. The lowest BCUT2D eigenvalue weighted by molar-refractivity contribution is -0.128. The molecule has 0 radical (unpaired) electrons. The zero-order valence-corrected chi connectivity index (χ0v) is 34.4. The fraction of sp³-hybridized carbons (Fsp3) is 0.400. The van der Waals surface area contributed by atoms with E-state index in [0.717, 1.165) is 61.2 Å². The van der Waals surface area contributed by atoms with Crippen LogP contribution in [0.1, 0.15) is 71.9 Å². The number of piperidine rings is 2. The molecule has 4 aliphatic rings. The van der Waals surface area contributed by atoms with E-state index in [1.165, 1.54) is 16.7 Å². The Balaban J connectivity index is 0.921. The van der Waals surface area contributed by atoms with Crippen molar-refractivity contribution in [2.24, 2.45) is 11.8 Å². The second-order valence-corrected chi connectivity index (χ2v) is 16.7. The number of aromatic amines is 1. The third kappa shape index (κ3) is 8.04. The number of anilines is 2. The van der Waals surface area contributed by atoms with Crippen molar-refractivity contribution in [3.8, 4) is 11.1 Å². The van der Waals surface area contributed by atoms with Gasteiger partial charge in [0.25, 0.3) is 11.8 Å². The van der Waals surface area contributed by atoms with Crippen molar-refractivity contribution < 1.29 is 28.4 Å². The maximum Gasteiger partial charge on any atom is 0.328 e. The summed E-state index contributed by atoms with van der Waals surface area (Å²) in [6.45, 7) is 5.83. The summed E-state index contributed by atoms with van der Waals surface area (Å²) in [4.78, 5) is 74.9. The number of urea groups is 1. The summed E-state index contributed by atoms with van der Waals surface area (Å²) in [6, 6.07) is 16.4. The van der Waals surface area contributed by atoms with Gasteiger partial charge in [0.05, 0.1) is 16.2 Å². The predicted molar refractivity (Wildman–Crippen MR) is 227 cm³/mol. The fourth-order valence-corrected chi connectivity index (χ4v) is 9.40. The molecule has 2 N–H and O–H groups in total. The summed E-state index contributed by atoms with van der Waals surface area (Å²) in [5.74, 6) is -0.0541. The van der Waals surface area contributed by atoms with Crippen LogP contribution in [0.15, 0.2) is 60.7 Å². The maximum atomic E-state index is 16.3. The molecule has 308 valence electrons. The molecule has 1 aromatic heterocycles. The number of hydrogen-bond acceptors (Lipinski definition) is 6. The van der Waals surface area contributed by atoms with E-state index in [2.05, 4.69) is 39.5 Å². The van der Waals surface area contributed by atoms with Crippen LogP contribution in [0.5, 0.6) is 0 Å². The molecule has 4 aromatic rings. The molecule has 0 saturated carbocycles. The van der Waals surface area contributed by atoms with E-state index in [1.807, 2.05) is 17.0 Å². The number of fused-ring (bicyclic) bond motifs is 1. The summed E-state index contributed by atoms with van der Waals surface area (Å²) < 4.78 is 16.3. The highest BCUT2D eigenvalue weighted by molar-refractivity contribution is 6.34. The van der Waals surface area contributed by atoms with Gasteiger partial charge in [0, 0.05) is 95.5 Å². The molecule has 0 atom stereocenters. The Morgan fingerprint density at radius 2 is 1.53 bits per heavy atom. The van der Waals surface area contributed by atoms with E-state index in [9.17, 15) is 24.0 Å². The average Bonchev–Trinajstić information content (AvgIpc) is 3.70. The smallest absolute Gasteiger partial charge is 0.328 e. The minimum atomic E-state index is -0.541. The summed E-state index contributed by atoms with van der Waals surface area (Å²) in [6.07, 6.45) is 6.78. The number of hydrogen-bond donors (Lipinski definition) is 2. The van der Waals surface area contributed by atoms with Crippen molar-refractivity contribution in [3.05, 3.63) is 88.3 Å². The van der Waals surface area contributed by atoms with Crippen LogP contribution < -0.4 is 15.1 Å². The molecule has 12 nitrogen and oxygen atoms in total. The standard InChI is InChI=1S/C45H49ClFN7O5/c1-27(55)53-17-4-5-32(26-53)35-24-34(36-25-38(44(58)50(2)3)48-42(36)41(35)47)30-6-9-33(10-7-30)51-18-12-28(13-19-51)29-14-20-52(21-15-29)43(57)31-8-11-37(46)39(23-31)54-22-16-40(56)49-45(54)59/h5-11,23-25,28-29,48H,4,12-22,26H2,1-3H3,(H,49,56,59). The van der Waals surface area contributed by atoms with E-state index in [-0.39, 0.29) is 42.1 Å². The Kier molecular flexibility index (Phi) is 11.2. The number of nitrogens with zero attached hydrogens (tertiary/aromatic N) is 5. The molecule has 0 bridgehead atoms. The Labute approximate surface area is 347 Å². The largest absolute Gasteiger partial charge is 0.372 e. The van der Waals surface area contributed by atoms with Gasteiger partial charge in [-0.15, -0.1) is 0 Å². The molecule has 0 spiro atoms. The van der Waals surface area contributed by atoms with Crippen LogP contribution >= 0.6 is 11.6 Å². The quantitative estimate of drug-likeness (QED) is 0.203. The molecule has 59 heavy (non-hydrogen) atoms. The number of H-pyrrole nitrogens is 1. The summed E-state index contributed by atoms with van der Waals surface area (Å²) in [5.41, 5.74) is 5.47. The predicted octanol–water partition coefficient (Wildman–Crippen LogP) is 7.18. The van der Waals surface area contributed by atoms with E-state index >= 15 is 4.39 Å². The minimum absolute atomic E-state index is 0.0498. The first-order valence-electron chi connectivity index (χ1n) is 20.4. The lowest BCUT2D eigenvalue weighted by atomic mass is 9.78. The molecule has 14 heteroatoms. The van der Waals surface area contributed by atoms with Crippen molar-refractivity contribution >= 4 is 69.1 Å². The molecule has 0 aliphatic carbocycles. The first-order chi connectivity index (χ1) is 28.4. The number of amides is 6. The highest BCUT2D eigenvalue weighted by Gasteiger charge is 2.33. The SMILES string of the molecule is CC(=O)N1CCC=C(c2cc(-c3ccc(N4CCC(C5CCN(C(=O)c6ccc(Cl)c(N7CCC(=O)NC7=O)c6)CC5)CC4)cc3)c3cc(C(=O)N(C)C)[nH]c3c2F)C1. The Morgan fingerprint density at radius 1 is 0.831 bits per heavy atom. The summed E-state index contributed by atoms with van der Waals surface area (Å²) in [5, 5.41) is 3.28. The highest BCUT2D eigenvalue weighted by atomic mass is 35.5. The lowest BCUT2D eigenvalue weighted by Crippen LogP contribution is -2.49. The second kappa shape index (κ2) is 16.5. The van der Waals surface area contributed by atoms with Gasteiger partial charge >= 0.3 is 6.03 Å². The number of benzene rings is 3. The van der Waals surface area contributed by atoms with Crippen molar-refractivity contribution in [3.63, 3.8) is 0 Å². The highest BCUT2D eigenvalue weighted by Crippen LogP contribution is 2.39. The van der Waals surface area contributed by atoms with Gasteiger partial charge in [0.15, 0.2) is 5.82 Å². The van der Waals surface area contributed by atoms with Crippen LogP contribution in [0, 0.1) is 17.7 Å². The molecule has 6 amide bonds. The molecule has 3 fully saturated rings. The number of aromatic nitrogens is 1. The Hall–Kier alpha value is -5.69. The summed E-state index contributed by atoms with van der Waals surface area (Å²) in [7, 11) is 3.33. The molecule has 0 unspecified atom stereocenters. The Bertz CT molecular complexity index is 2360. The van der Waals surface area contributed by atoms with E-state index in [0.29, 0.717) is 77.4 Å². The van der Waals surface area contributed by atoms with Crippen LogP contribution in [0.4, 0.5) is 20.6 Å². The molecule has 4 aliphatic heterocycles. The van der Waals surface area contributed by atoms with Crippen molar-refractivity contribution in [1.29, 1.82) is 0 Å². The molecule has 8 rings (SSSR count). The minimum Gasteiger partial charge on any atom is -0.372 e. The zero-order valence-electron chi connectivity index (χ0n) is 33.7. The second-order valence-electron chi connectivity index (χ2n) is 16.3. The van der Waals surface area contributed by atoms with Crippen LogP contribution in [-0.2, 0) is 9.59 Å². The van der Waals surface area contributed by atoms with Crippen molar-refractivity contribution in [2.45, 2.75) is 45.4 Å². The maximum absolute atomic E-state index is 16.3. The number of halogens is 2. The van der Waals surface area contributed by atoms with Gasteiger partial charge in [-0.25, -0.2) is 9.18 Å². The number of rotatable bonds is 7. The topological polar surface area (TPSA) is 129 Å². The number of carbonyl (C=O) groups excluding carboxylic acids is 5. The van der Waals surface area contributed by atoms with Crippen molar-refractivity contribution in [2.75, 3.05) is 69.7 Å². The monoisotopic (exact) mass is 821 g/mol. The Morgan fingerprint density at radius 3 is 2.19 bits per heavy atom. The number of imide groups is 1. The first-order valence-corrected chi connectivity index (χ1v) is 20.8. The summed E-state index contributed by atoms with van der Waals surface area (Å²) >= 11 is 6.42. The molecule has 3 aromatic carbocycles. The van der Waals surface area contributed by atoms with E-state index in [1.54, 1.807) is 43.3 Å². The van der Waals surface area contributed by atoms with Gasteiger partial charge in [-0.1, -0.05) is 29.8 Å². The van der Waals surface area contributed by atoms with Crippen LogP contribution in [0.3, 0.4) is 0 Å². The third-order valence-electron chi connectivity index (χ3n) is 12.5. The number of nitrogens with one attached hydrogen (secondary N) is 2. The van der Waals surface area contributed by atoms with Crippen LogP contribution in [-0.4, -0.2) is 109 Å². The van der Waals surface area contributed by atoms with Gasteiger partial charge in [-0.05, 0) is 103 Å². The molecule has 3 saturated heterocycles. The van der Waals surface area contributed by atoms with Gasteiger partial charge in [-0.2, -0.15) is 0 Å². The van der Waals surface area contributed by atoms with Crippen LogP contribution in [0.25, 0.3) is 27.6 Å². The van der Waals surface area contributed by atoms with E-state index in [4.69, 9.17) is 11.6 Å². The van der Waals surface area contributed by atoms with Gasteiger partial charge in [-0.3, -0.25) is 29.4 Å². The van der Waals surface area contributed by atoms with E-state index < -0.39 is 11.8 Å². The zero-order chi connectivity index (χ0) is 41.5. The number of carbonyl (C=O) groups is 5. The third-order valence-corrected chi connectivity index (χ3v) is 12.9. The first kappa shape index (κ1) is 40.1. The van der Waals surface area contributed by atoms with Gasteiger partial charge in [0.1, 0.15) is 5.69 Å². The van der Waals surface area contributed by atoms with Crippen LogP contribution in [0.2, 0.25) is 5.02 Å². The lowest BCUT2D eigenvalue weighted by Gasteiger charge is -2.41. The average molecular weight is 822 g/mol. The molecular weight excluding hydrogens is 773 g/mol. The van der Waals surface area contributed by atoms with Crippen molar-refractivity contribution in [1.82, 2.24) is 25.0 Å². The van der Waals surface area contributed by atoms with Gasteiger partial charge < -0.3 is 24.6 Å².